The molecule has 0 aliphatic carbocycles. The van der Waals surface area contributed by atoms with E-state index in [9.17, 15) is 0 Å². The van der Waals surface area contributed by atoms with Crippen LogP contribution in [0.4, 0.5) is 5.13 Å². The van der Waals surface area contributed by atoms with Crippen LogP contribution in [0, 0.1) is 5.92 Å². The number of hydrogen-bond donors (Lipinski definition) is 1. The Bertz CT molecular complexity index is 473. The van der Waals surface area contributed by atoms with Crippen molar-refractivity contribution >= 4 is 26.7 Å². The lowest BCUT2D eigenvalue weighted by molar-refractivity contribution is 0.535. The van der Waals surface area contributed by atoms with Crippen LogP contribution in [0.15, 0.2) is 18.2 Å². The first-order valence-corrected chi connectivity index (χ1v) is 6.05. The van der Waals surface area contributed by atoms with E-state index in [-0.39, 0.29) is 0 Å². The largest absolute Gasteiger partial charge is 0.375 e. The average molecular weight is 220 g/mol. The molecule has 1 heterocycles. The molecular formula is C12H16N2S. The van der Waals surface area contributed by atoms with Gasteiger partial charge in [0, 0.05) is 0 Å². The first-order valence-electron chi connectivity index (χ1n) is 5.24. The minimum atomic E-state index is 0.567. The third-order valence-electron chi connectivity index (χ3n) is 2.95. The SMILES string of the molecule is CC(C)C(C)c1ccc2sc(N)nc2c1. The number of fused-ring (bicyclic) bond motifs is 1. The molecule has 1 unspecified atom stereocenters. The van der Waals surface area contributed by atoms with E-state index in [0.717, 1.165) is 5.52 Å². The summed E-state index contributed by atoms with van der Waals surface area (Å²) in [6.45, 7) is 6.73. The fourth-order valence-corrected chi connectivity index (χ4v) is 2.34. The molecule has 2 rings (SSSR count). The van der Waals surface area contributed by atoms with Crippen LogP contribution >= 0.6 is 11.3 Å². The van der Waals surface area contributed by atoms with Crippen molar-refractivity contribution in [3.63, 3.8) is 0 Å². The van der Waals surface area contributed by atoms with E-state index in [4.69, 9.17) is 5.73 Å². The Morgan fingerprint density at radius 3 is 2.67 bits per heavy atom. The highest BCUT2D eigenvalue weighted by Gasteiger charge is 2.11. The van der Waals surface area contributed by atoms with Crippen LogP contribution in [0.2, 0.25) is 0 Å². The normalized spacial score (nSPS) is 13.6. The van der Waals surface area contributed by atoms with Crippen molar-refractivity contribution in [3.05, 3.63) is 23.8 Å². The highest BCUT2D eigenvalue weighted by molar-refractivity contribution is 7.22. The summed E-state index contributed by atoms with van der Waals surface area (Å²) in [6, 6.07) is 6.47. The van der Waals surface area contributed by atoms with Crippen LogP contribution in [-0.2, 0) is 0 Å². The summed E-state index contributed by atoms with van der Waals surface area (Å²) in [5.41, 5.74) is 8.06. The molecule has 0 aliphatic rings. The quantitative estimate of drug-likeness (QED) is 0.839. The summed E-state index contributed by atoms with van der Waals surface area (Å²) in [6.07, 6.45) is 0. The Balaban J connectivity index is 2.46. The third kappa shape index (κ3) is 1.97. The molecule has 1 atom stereocenters. The van der Waals surface area contributed by atoms with Gasteiger partial charge in [-0.3, -0.25) is 0 Å². The number of rotatable bonds is 2. The van der Waals surface area contributed by atoms with Gasteiger partial charge in [0.15, 0.2) is 5.13 Å². The molecule has 0 fully saturated rings. The molecule has 0 radical (unpaired) electrons. The Kier molecular flexibility index (Phi) is 2.65. The van der Waals surface area contributed by atoms with Gasteiger partial charge in [-0.2, -0.15) is 0 Å². The van der Waals surface area contributed by atoms with Gasteiger partial charge in [-0.1, -0.05) is 38.2 Å². The number of hydrogen-bond acceptors (Lipinski definition) is 3. The molecule has 80 valence electrons. The van der Waals surface area contributed by atoms with Gasteiger partial charge in [-0.15, -0.1) is 0 Å². The van der Waals surface area contributed by atoms with E-state index >= 15 is 0 Å². The van der Waals surface area contributed by atoms with Crippen LogP contribution < -0.4 is 5.73 Å². The van der Waals surface area contributed by atoms with Gasteiger partial charge >= 0.3 is 0 Å². The van der Waals surface area contributed by atoms with E-state index in [1.165, 1.54) is 10.3 Å². The molecule has 0 aliphatic heterocycles. The second kappa shape index (κ2) is 3.81. The molecule has 1 aromatic heterocycles. The number of nitrogens with zero attached hydrogens (tertiary/aromatic N) is 1. The van der Waals surface area contributed by atoms with Crippen LogP contribution in [0.3, 0.4) is 0 Å². The van der Waals surface area contributed by atoms with E-state index in [2.05, 4.69) is 44.0 Å². The van der Waals surface area contributed by atoms with Crippen molar-refractivity contribution in [2.24, 2.45) is 5.92 Å². The van der Waals surface area contributed by atoms with Gasteiger partial charge in [-0.25, -0.2) is 4.98 Å². The maximum Gasteiger partial charge on any atom is 0.181 e. The van der Waals surface area contributed by atoms with Gasteiger partial charge in [0.2, 0.25) is 0 Å². The van der Waals surface area contributed by atoms with E-state index in [0.29, 0.717) is 17.0 Å². The highest BCUT2D eigenvalue weighted by atomic mass is 32.1. The molecule has 0 saturated carbocycles. The second-order valence-corrected chi connectivity index (χ2v) is 5.37. The Hall–Kier alpha value is -1.09. The lowest BCUT2D eigenvalue weighted by Crippen LogP contribution is -2.01. The van der Waals surface area contributed by atoms with Gasteiger partial charge in [-0.05, 0) is 29.5 Å². The fourth-order valence-electron chi connectivity index (χ4n) is 1.63. The minimum absolute atomic E-state index is 0.567. The third-order valence-corrected chi connectivity index (χ3v) is 3.82. The molecule has 2 aromatic rings. The van der Waals surface area contributed by atoms with Gasteiger partial charge < -0.3 is 5.73 Å². The summed E-state index contributed by atoms with van der Waals surface area (Å²) >= 11 is 1.55. The molecule has 0 spiro atoms. The predicted molar refractivity (Wildman–Crippen MR) is 67.3 cm³/mol. The number of nitrogens with two attached hydrogens (primary N) is 1. The zero-order chi connectivity index (χ0) is 11.0. The van der Waals surface area contributed by atoms with Crippen molar-refractivity contribution < 1.29 is 0 Å². The van der Waals surface area contributed by atoms with Crippen molar-refractivity contribution in [1.29, 1.82) is 0 Å². The average Bonchev–Trinajstić information content (AvgIpc) is 2.55. The lowest BCUT2D eigenvalue weighted by Gasteiger charge is -2.15. The van der Waals surface area contributed by atoms with Crippen LogP contribution in [0.25, 0.3) is 10.2 Å². The number of thiazole rings is 1. The van der Waals surface area contributed by atoms with Crippen LogP contribution in [-0.4, -0.2) is 4.98 Å². The Morgan fingerprint density at radius 1 is 1.27 bits per heavy atom. The maximum absolute atomic E-state index is 5.68. The van der Waals surface area contributed by atoms with Gasteiger partial charge in [0.05, 0.1) is 10.2 Å². The second-order valence-electron chi connectivity index (χ2n) is 4.31. The first-order chi connectivity index (χ1) is 7.08. The summed E-state index contributed by atoms with van der Waals surface area (Å²) in [4.78, 5) is 4.31. The van der Waals surface area contributed by atoms with E-state index < -0.39 is 0 Å². The van der Waals surface area contributed by atoms with E-state index in [1.807, 2.05) is 0 Å². The van der Waals surface area contributed by atoms with Crippen molar-refractivity contribution in [3.8, 4) is 0 Å². The number of anilines is 1. The monoisotopic (exact) mass is 220 g/mol. The minimum Gasteiger partial charge on any atom is -0.375 e. The molecule has 0 amide bonds. The smallest absolute Gasteiger partial charge is 0.181 e. The summed E-state index contributed by atoms with van der Waals surface area (Å²) < 4.78 is 1.17. The van der Waals surface area contributed by atoms with Crippen molar-refractivity contribution in [2.45, 2.75) is 26.7 Å². The number of benzene rings is 1. The molecule has 15 heavy (non-hydrogen) atoms. The fraction of sp³-hybridized carbons (Fsp3) is 0.417. The molecule has 1 aromatic carbocycles. The van der Waals surface area contributed by atoms with E-state index in [1.54, 1.807) is 11.3 Å². The molecule has 0 bridgehead atoms. The number of nitrogen functional groups attached to an aromatic ring is 1. The number of aromatic nitrogens is 1. The molecule has 2 N–H and O–H groups in total. The summed E-state index contributed by atoms with van der Waals surface area (Å²) in [7, 11) is 0. The maximum atomic E-state index is 5.68. The summed E-state index contributed by atoms with van der Waals surface area (Å²) in [5.74, 6) is 1.22. The predicted octanol–water partition coefficient (Wildman–Crippen LogP) is 3.64. The molecule has 3 heteroatoms. The van der Waals surface area contributed by atoms with Crippen LogP contribution in [0.1, 0.15) is 32.3 Å². The van der Waals surface area contributed by atoms with Crippen molar-refractivity contribution in [1.82, 2.24) is 4.98 Å². The Morgan fingerprint density at radius 2 is 2.00 bits per heavy atom. The standard InChI is InChI=1S/C12H16N2S/c1-7(2)8(3)9-4-5-11-10(6-9)14-12(13)15-11/h4-8H,1-3H3,(H2,13,14). The summed E-state index contributed by atoms with van der Waals surface area (Å²) in [5, 5.41) is 0.652. The highest BCUT2D eigenvalue weighted by Crippen LogP contribution is 2.29. The van der Waals surface area contributed by atoms with Crippen molar-refractivity contribution in [2.75, 3.05) is 5.73 Å². The Labute approximate surface area is 94.1 Å². The first kappa shape index (κ1) is 10.4. The van der Waals surface area contributed by atoms with Crippen LogP contribution in [0.5, 0.6) is 0 Å². The topological polar surface area (TPSA) is 38.9 Å². The zero-order valence-corrected chi connectivity index (χ0v) is 10.1. The van der Waals surface area contributed by atoms with Gasteiger partial charge in [0.1, 0.15) is 0 Å². The zero-order valence-electron chi connectivity index (χ0n) is 9.32. The van der Waals surface area contributed by atoms with Gasteiger partial charge in [0.25, 0.3) is 0 Å². The molecule has 0 saturated heterocycles. The lowest BCUT2D eigenvalue weighted by atomic mass is 9.90. The molecular weight excluding hydrogens is 204 g/mol. The molecule has 2 nitrogen and oxygen atoms in total.